The molecule has 7 heteroatoms. The van der Waals surface area contributed by atoms with Gasteiger partial charge in [0.15, 0.2) is 5.11 Å². The Kier molecular flexibility index (Phi) is 8.32. The van der Waals surface area contributed by atoms with E-state index in [9.17, 15) is 4.79 Å². The molecule has 5 nitrogen and oxygen atoms in total. The van der Waals surface area contributed by atoms with E-state index in [4.69, 9.17) is 17.0 Å². The number of benzene rings is 2. The molecule has 2 N–H and O–H groups in total. The van der Waals surface area contributed by atoms with Gasteiger partial charge >= 0.3 is 5.97 Å². The van der Waals surface area contributed by atoms with E-state index in [0.717, 1.165) is 28.2 Å². The van der Waals surface area contributed by atoms with Crippen molar-refractivity contribution in [2.75, 3.05) is 30.3 Å². The lowest BCUT2D eigenvalue weighted by atomic mass is 10.0. The van der Waals surface area contributed by atoms with Crippen LogP contribution in [-0.4, -0.2) is 35.7 Å². The van der Waals surface area contributed by atoms with Gasteiger partial charge in [-0.05, 0) is 75.3 Å². The van der Waals surface area contributed by atoms with Crippen molar-refractivity contribution in [3.05, 3.63) is 70.6 Å². The molecule has 4 rings (SSSR count). The molecule has 0 amide bonds. The van der Waals surface area contributed by atoms with Crippen LogP contribution in [0.1, 0.15) is 47.0 Å². The SMILES string of the molecule is CCOC(=O)c1c(NC(=S)Nc2ccc(CN3CCCCC3)cc2)sc(C)c1-c1ccccc1. The Balaban J connectivity index is 1.47. The first kappa shape index (κ1) is 24.4. The van der Waals surface area contributed by atoms with E-state index < -0.39 is 0 Å². The van der Waals surface area contributed by atoms with Crippen LogP contribution in [0.25, 0.3) is 11.1 Å². The van der Waals surface area contributed by atoms with Crippen molar-refractivity contribution < 1.29 is 9.53 Å². The number of thiophene rings is 1. The van der Waals surface area contributed by atoms with Gasteiger partial charge in [-0.15, -0.1) is 11.3 Å². The maximum Gasteiger partial charge on any atom is 0.341 e. The number of nitrogens with one attached hydrogen (secondary N) is 2. The van der Waals surface area contributed by atoms with Crippen LogP contribution < -0.4 is 10.6 Å². The second-order valence-corrected chi connectivity index (χ2v) is 10.1. The van der Waals surface area contributed by atoms with Gasteiger partial charge in [-0.3, -0.25) is 4.90 Å². The highest BCUT2D eigenvalue weighted by Gasteiger charge is 2.25. The molecule has 178 valence electrons. The summed E-state index contributed by atoms with van der Waals surface area (Å²) in [4.78, 5) is 16.4. The Morgan fingerprint density at radius 2 is 1.74 bits per heavy atom. The number of ether oxygens (including phenoxy) is 1. The van der Waals surface area contributed by atoms with Gasteiger partial charge in [0.2, 0.25) is 0 Å². The number of carbonyl (C=O) groups is 1. The van der Waals surface area contributed by atoms with Crippen LogP contribution in [0, 0.1) is 6.92 Å². The summed E-state index contributed by atoms with van der Waals surface area (Å²) in [7, 11) is 0. The zero-order valence-electron chi connectivity index (χ0n) is 19.7. The summed E-state index contributed by atoms with van der Waals surface area (Å²) in [6, 6.07) is 18.3. The molecule has 0 radical (unpaired) electrons. The number of thiocarbonyl (C=S) groups is 1. The van der Waals surface area contributed by atoms with Gasteiger partial charge in [-0.1, -0.05) is 48.9 Å². The Labute approximate surface area is 211 Å². The van der Waals surface area contributed by atoms with Crippen LogP contribution >= 0.6 is 23.6 Å². The van der Waals surface area contributed by atoms with E-state index in [2.05, 4.69) is 39.8 Å². The van der Waals surface area contributed by atoms with E-state index >= 15 is 0 Å². The van der Waals surface area contributed by atoms with Gasteiger partial charge in [0.25, 0.3) is 0 Å². The molecule has 0 spiro atoms. The first-order valence-corrected chi connectivity index (χ1v) is 13.0. The Hall–Kier alpha value is -2.74. The number of nitrogens with zero attached hydrogens (tertiary/aromatic N) is 1. The summed E-state index contributed by atoms with van der Waals surface area (Å²) in [5.74, 6) is -0.349. The zero-order chi connectivity index (χ0) is 23.9. The summed E-state index contributed by atoms with van der Waals surface area (Å²) in [6.45, 7) is 7.49. The van der Waals surface area contributed by atoms with Gasteiger partial charge in [0.1, 0.15) is 10.6 Å². The van der Waals surface area contributed by atoms with Crippen LogP contribution in [0.15, 0.2) is 54.6 Å². The fourth-order valence-corrected chi connectivity index (χ4v) is 5.67. The monoisotopic (exact) mass is 493 g/mol. The molecule has 0 unspecified atom stereocenters. The molecule has 1 saturated heterocycles. The van der Waals surface area contributed by atoms with E-state index in [0.29, 0.717) is 22.3 Å². The molecule has 2 heterocycles. The molecule has 1 aromatic heterocycles. The summed E-state index contributed by atoms with van der Waals surface area (Å²) < 4.78 is 5.38. The number of anilines is 2. The van der Waals surface area contributed by atoms with Gasteiger partial charge < -0.3 is 15.4 Å². The number of hydrogen-bond donors (Lipinski definition) is 2. The summed E-state index contributed by atoms with van der Waals surface area (Å²) >= 11 is 7.09. The van der Waals surface area contributed by atoms with Crippen LogP contribution in [0.2, 0.25) is 0 Å². The summed E-state index contributed by atoms with van der Waals surface area (Å²) in [6.07, 6.45) is 3.93. The normalized spacial score (nSPS) is 13.9. The topological polar surface area (TPSA) is 53.6 Å². The molecular weight excluding hydrogens is 462 g/mol. The van der Waals surface area contributed by atoms with Gasteiger partial charge in [-0.2, -0.15) is 0 Å². The predicted molar refractivity (Wildman–Crippen MR) is 146 cm³/mol. The maximum atomic E-state index is 12.9. The molecule has 1 aliphatic heterocycles. The van der Waals surface area contributed by atoms with E-state index in [1.54, 1.807) is 0 Å². The lowest BCUT2D eigenvalue weighted by Gasteiger charge is -2.26. The Bertz CT molecular complexity index is 1120. The minimum absolute atomic E-state index is 0.313. The first-order valence-electron chi connectivity index (χ1n) is 11.8. The Morgan fingerprint density at radius 3 is 2.41 bits per heavy atom. The third-order valence-corrected chi connectivity index (χ3v) is 7.14. The number of aryl methyl sites for hydroxylation is 1. The van der Waals surface area contributed by atoms with Crippen molar-refractivity contribution in [3.63, 3.8) is 0 Å². The molecule has 1 aliphatic rings. The highest BCUT2D eigenvalue weighted by atomic mass is 32.1. The second-order valence-electron chi connectivity index (χ2n) is 8.44. The minimum Gasteiger partial charge on any atom is -0.462 e. The molecule has 2 aromatic carbocycles. The zero-order valence-corrected chi connectivity index (χ0v) is 21.4. The summed E-state index contributed by atoms with van der Waals surface area (Å²) in [5.41, 5.74) is 4.61. The van der Waals surface area contributed by atoms with Crippen molar-refractivity contribution in [1.29, 1.82) is 0 Å². The lowest BCUT2D eigenvalue weighted by molar-refractivity contribution is 0.0529. The third kappa shape index (κ3) is 6.03. The highest BCUT2D eigenvalue weighted by molar-refractivity contribution is 7.80. The number of likely N-dealkylation sites (tertiary alicyclic amines) is 1. The third-order valence-electron chi connectivity index (χ3n) is 5.92. The average Bonchev–Trinajstić information content (AvgIpc) is 3.17. The number of hydrogen-bond acceptors (Lipinski definition) is 5. The predicted octanol–water partition coefficient (Wildman–Crippen LogP) is 6.70. The van der Waals surface area contributed by atoms with Crippen molar-refractivity contribution in [2.24, 2.45) is 0 Å². The van der Waals surface area contributed by atoms with Gasteiger partial charge in [0, 0.05) is 22.7 Å². The molecule has 34 heavy (non-hydrogen) atoms. The standard InChI is InChI=1S/C27H31N3O2S2/c1-3-32-26(31)24-23(21-10-6-4-7-11-21)19(2)34-25(24)29-27(33)28-22-14-12-20(13-15-22)18-30-16-8-5-9-17-30/h4,6-7,10-15H,3,5,8-9,16-18H2,1-2H3,(H2,28,29,33). The summed E-state index contributed by atoms with van der Waals surface area (Å²) in [5, 5.41) is 7.62. The van der Waals surface area contributed by atoms with E-state index in [1.807, 2.05) is 44.2 Å². The van der Waals surface area contributed by atoms with E-state index in [1.165, 1.54) is 49.3 Å². The van der Waals surface area contributed by atoms with Crippen LogP contribution in [-0.2, 0) is 11.3 Å². The fourth-order valence-electron chi connectivity index (χ4n) is 4.32. The average molecular weight is 494 g/mol. The molecule has 1 fully saturated rings. The largest absolute Gasteiger partial charge is 0.462 e. The number of piperidine rings is 1. The van der Waals surface area contributed by atoms with Crippen molar-refractivity contribution >= 4 is 45.3 Å². The Morgan fingerprint density at radius 1 is 1.03 bits per heavy atom. The smallest absolute Gasteiger partial charge is 0.341 e. The molecule has 0 bridgehead atoms. The molecule has 0 atom stereocenters. The van der Waals surface area contributed by atoms with E-state index in [-0.39, 0.29) is 5.97 Å². The number of esters is 1. The lowest BCUT2D eigenvalue weighted by Crippen LogP contribution is -2.29. The fraction of sp³-hybridized carbons (Fsp3) is 0.333. The van der Waals surface area contributed by atoms with Gasteiger partial charge in [0.05, 0.1) is 6.61 Å². The molecule has 0 saturated carbocycles. The highest BCUT2D eigenvalue weighted by Crippen LogP contribution is 2.40. The quantitative estimate of drug-likeness (QED) is 0.282. The number of carbonyl (C=O) groups excluding carboxylic acids is 1. The van der Waals surface area contributed by atoms with Crippen LogP contribution in [0.3, 0.4) is 0 Å². The molecular formula is C27H31N3O2S2. The van der Waals surface area contributed by atoms with Crippen LogP contribution in [0.5, 0.6) is 0 Å². The number of rotatable bonds is 7. The maximum absolute atomic E-state index is 12.9. The van der Waals surface area contributed by atoms with Crippen molar-refractivity contribution in [2.45, 2.75) is 39.7 Å². The molecule has 3 aromatic rings. The van der Waals surface area contributed by atoms with Gasteiger partial charge in [-0.25, -0.2) is 4.79 Å². The molecule has 0 aliphatic carbocycles. The minimum atomic E-state index is -0.349. The van der Waals surface area contributed by atoms with Crippen LogP contribution in [0.4, 0.5) is 10.7 Å². The van der Waals surface area contributed by atoms with Crippen molar-refractivity contribution in [3.8, 4) is 11.1 Å². The van der Waals surface area contributed by atoms with Crippen molar-refractivity contribution in [1.82, 2.24) is 4.90 Å². The second kappa shape index (κ2) is 11.6. The first-order chi connectivity index (χ1) is 16.5.